The molecule has 9 heteroatoms. The average molecular weight is 502 g/mol. The van der Waals surface area contributed by atoms with Crippen LogP contribution in [-0.4, -0.2) is 89.6 Å². The average Bonchev–Trinajstić information content (AvgIpc) is 3.15. The van der Waals surface area contributed by atoms with Crippen LogP contribution < -0.4 is 4.74 Å². The van der Waals surface area contributed by atoms with Gasteiger partial charge in [-0.25, -0.2) is 0 Å². The molecule has 190 valence electrons. The molecule has 3 heterocycles. The number of carbonyl (C=O) groups excluding carboxylic acids is 2. The van der Waals surface area contributed by atoms with Gasteiger partial charge in [0.15, 0.2) is 0 Å². The highest BCUT2D eigenvalue weighted by molar-refractivity contribution is 6.30. The van der Waals surface area contributed by atoms with Crippen molar-refractivity contribution in [3.05, 3.63) is 46.2 Å². The molecule has 0 bridgehead atoms. The minimum atomic E-state index is -0.447. The number of benzene rings is 1. The van der Waals surface area contributed by atoms with Crippen LogP contribution in [-0.2, 0) is 16.0 Å². The van der Waals surface area contributed by atoms with E-state index in [-0.39, 0.29) is 11.8 Å². The van der Waals surface area contributed by atoms with Gasteiger partial charge in [0.05, 0.1) is 18.7 Å². The van der Waals surface area contributed by atoms with E-state index in [9.17, 15) is 9.59 Å². The number of hydrogen-bond acceptors (Lipinski definition) is 5. The maximum absolute atomic E-state index is 13.4. The lowest BCUT2D eigenvalue weighted by Crippen LogP contribution is -2.53. The number of H-pyrrole nitrogens is 1. The monoisotopic (exact) mass is 501 g/mol. The normalized spacial score (nSPS) is 21.3. The summed E-state index contributed by atoms with van der Waals surface area (Å²) < 4.78 is 6.19. The molecule has 1 aromatic heterocycles. The standard InChI is InChI=1S/C26H36ClN5O3/c1-19-23(20(2)29-28-19)15-24(33)32-9-5-8-26(17-32,18-35-22-7-4-6-21(27)14-22)16-25(34)31-12-10-30(3)11-13-31/h4,6-7,14H,5,8-13,15-18H2,1-3H3,(H,28,29). The first-order valence-corrected chi connectivity index (χ1v) is 12.8. The molecule has 2 aromatic rings. The van der Waals surface area contributed by atoms with E-state index in [1.165, 1.54) is 0 Å². The van der Waals surface area contributed by atoms with Gasteiger partial charge < -0.3 is 19.4 Å². The van der Waals surface area contributed by atoms with Crippen LogP contribution in [0.3, 0.4) is 0 Å². The lowest BCUT2D eigenvalue weighted by Gasteiger charge is -2.43. The van der Waals surface area contributed by atoms with E-state index in [4.69, 9.17) is 16.3 Å². The van der Waals surface area contributed by atoms with E-state index in [1.807, 2.05) is 41.8 Å². The molecule has 1 aromatic carbocycles. The molecule has 0 spiro atoms. The van der Waals surface area contributed by atoms with Gasteiger partial charge in [-0.05, 0) is 51.9 Å². The Balaban J connectivity index is 1.50. The van der Waals surface area contributed by atoms with Gasteiger partial charge >= 0.3 is 0 Å². The third kappa shape index (κ3) is 6.35. The number of rotatable bonds is 7. The van der Waals surface area contributed by atoms with Crippen molar-refractivity contribution < 1.29 is 14.3 Å². The van der Waals surface area contributed by atoms with Crippen molar-refractivity contribution in [1.29, 1.82) is 0 Å². The van der Waals surface area contributed by atoms with E-state index in [0.29, 0.717) is 43.3 Å². The molecule has 1 atom stereocenters. The van der Waals surface area contributed by atoms with Crippen LogP contribution >= 0.6 is 11.6 Å². The van der Waals surface area contributed by atoms with Crippen LogP contribution in [0, 0.1) is 19.3 Å². The van der Waals surface area contributed by atoms with Crippen LogP contribution in [0.1, 0.15) is 36.2 Å². The topological polar surface area (TPSA) is 81.8 Å². The molecule has 4 rings (SSSR count). The smallest absolute Gasteiger partial charge is 0.227 e. The highest BCUT2D eigenvalue weighted by Gasteiger charge is 2.41. The molecular formula is C26H36ClN5O3. The zero-order valence-corrected chi connectivity index (χ0v) is 21.7. The lowest BCUT2D eigenvalue weighted by atomic mass is 9.77. The number of aryl methyl sites for hydroxylation is 2. The van der Waals surface area contributed by atoms with Crippen molar-refractivity contribution in [1.82, 2.24) is 24.9 Å². The van der Waals surface area contributed by atoms with E-state index >= 15 is 0 Å². The highest BCUT2D eigenvalue weighted by atomic mass is 35.5. The molecule has 2 aliphatic heterocycles. The first-order valence-electron chi connectivity index (χ1n) is 12.4. The Morgan fingerprint density at radius 1 is 1.11 bits per heavy atom. The Labute approximate surface area is 212 Å². The number of halogens is 1. The Bertz CT molecular complexity index is 1030. The van der Waals surface area contributed by atoms with Crippen molar-refractivity contribution in [3.63, 3.8) is 0 Å². The molecule has 0 radical (unpaired) electrons. The van der Waals surface area contributed by atoms with E-state index in [2.05, 4.69) is 22.1 Å². The number of aromatic amines is 1. The van der Waals surface area contributed by atoms with Crippen LogP contribution in [0.4, 0.5) is 0 Å². The summed E-state index contributed by atoms with van der Waals surface area (Å²) in [6.45, 7) is 8.65. The summed E-state index contributed by atoms with van der Waals surface area (Å²) in [5.41, 5.74) is 2.29. The maximum atomic E-state index is 13.4. The predicted molar refractivity (Wildman–Crippen MR) is 136 cm³/mol. The van der Waals surface area contributed by atoms with Gasteiger partial charge in [0.2, 0.25) is 11.8 Å². The van der Waals surface area contributed by atoms with E-state index in [0.717, 1.165) is 56.0 Å². The molecule has 1 unspecified atom stereocenters. The number of carbonyl (C=O) groups is 2. The zero-order valence-electron chi connectivity index (χ0n) is 21.0. The number of nitrogens with zero attached hydrogens (tertiary/aromatic N) is 4. The van der Waals surface area contributed by atoms with Gasteiger partial charge in [0, 0.05) is 67.4 Å². The second kappa shape index (κ2) is 11.0. The SMILES string of the molecule is Cc1n[nH]c(C)c1CC(=O)N1CCCC(COc2cccc(Cl)c2)(CC(=O)N2CCN(C)CC2)C1. The van der Waals surface area contributed by atoms with Crippen molar-refractivity contribution in [3.8, 4) is 5.75 Å². The summed E-state index contributed by atoms with van der Waals surface area (Å²) in [6, 6.07) is 7.32. The lowest BCUT2D eigenvalue weighted by molar-refractivity contribution is -0.142. The van der Waals surface area contributed by atoms with Crippen LogP contribution in [0.5, 0.6) is 5.75 Å². The Kier molecular flexibility index (Phi) is 8.02. The van der Waals surface area contributed by atoms with Crippen LogP contribution in [0.2, 0.25) is 5.02 Å². The zero-order chi connectivity index (χ0) is 25.0. The molecule has 2 aliphatic rings. The number of hydrogen-bond donors (Lipinski definition) is 1. The molecule has 2 amide bonds. The third-order valence-corrected chi connectivity index (χ3v) is 7.58. The van der Waals surface area contributed by atoms with Crippen LogP contribution in [0.25, 0.3) is 0 Å². The minimum absolute atomic E-state index is 0.0662. The fraction of sp³-hybridized carbons (Fsp3) is 0.577. The second-order valence-corrected chi connectivity index (χ2v) is 10.6. The van der Waals surface area contributed by atoms with Gasteiger partial charge in [0.25, 0.3) is 0 Å². The van der Waals surface area contributed by atoms with Gasteiger partial charge in [-0.15, -0.1) is 0 Å². The molecule has 1 N–H and O–H groups in total. The minimum Gasteiger partial charge on any atom is -0.493 e. The largest absolute Gasteiger partial charge is 0.493 e. The summed E-state index contributed by atoms with van der Waals surface area (Å²) in [6.07, 6.45) is 2.35. The number of amides is 2. The van der Waals surface area contributed by atoms with Crippen molar-refractivity contribution in [2.45, 2.75) is 39.5 Å². The molecule has 0 aliphatic carbocycles. The first-order chi connectivity index (χ1) is 16.7. The molecule has 2 saturated heterocycles. The Morgan fingerprint density at radius 3 is 2.57 bits per heavy atom. The third-order valence-electron chi connectivity index (χ3n) is 7.35. The van der Waals surface area contributed by atoms with Gasteiger partial charge in [-0.3, -0.25) is 14.7 Å². The second-order valence-electron chi connectivity index (χ2n) is 10.1. The molecule has 8 nitrogen and oxygen atoms in total. The van der Waals surface area contributed by atoms with Gasteiger partial charge in [-0.1, -0.05) is 17.7 Å². The Morgan fingerprint density at radius 2 is 1.89 bits per heavy atom. The van der Waals surface area contributed by atoms with Gasteiger partial charge in [-0.2, -0.15) is 5.10 Å². The van der Waals surface area contributed by atoms with Crippen molar-refractivity contribution in [2.75, 3.05) is 52.9 Å². The first kappa shape index (κ1) is 25.5. The predicted octanol–water partition coefficient (Wildman–Crippen LogP) is 3.07. The number of piperidine rings is 1. The quantitative estimate of drug-likeness (QED) is 0.630. The number of aromatic nitrogens is 2. The molecule has 35 heavy (non-hydrogen) atoms. The van der Waals surface area contributed by atoms with E-state index < -0.39 is 5.41 Å². The number of nitrogens with one attached hydrogen (secondary N) is 1. The number of piperazine rings is 1. The van der Waals surface area contributed by atoms with Gasteiger partial charge in [0.1, 0.15) is 5.75 Å². The molecule has 0 saturated carbocycles. The summed E-state index contributed by atoms with van der Waals surface area (Å²) in [5.74, 6) is 0.886. The maximum Gasteiger partial charge on any atom is 0.227 e. The summed E-state index contributed by atoms with van der Waals surface area (Å²) >= 11 is 6.15. The summed E-state index contributed by atoms with van der Waals surface area (Å²) in [4.78, 5) is 32.8. The highest BCUT2D eigenvalue weighted by Crippen LogP contribution is 2.36. The summed E-state index contributed by atoms with van der Waals surface area (Å²) in [5, 5.41) is 7.80. The van der Waals surface area contributed by atoms with Crippen molar-refractivity contribution in [2.24, 2.45) is 5.41 Å². The summed E-state index contributed by atoms with van der Waals surface area (Å²) in [7, 11) is 2.08. The number of likely N-dealkylation sites (N-methyl/N-ethyl adjacent to an activating group) is 1. The molecular weight excluding hydrogens is 466 g/mol. The molecule has 2 fully saturated rings. The number of likely N-dealkylation sites (tertiary alicyclic amines) is 1. The van der Waals surface area contributed by atoms with Crippen molar-refractivity contribution >= 4 is 23.4 Å². The number of ether oxygens (including phenoxy) is 1. The fourth-order valence-corrected chi connectivity index (χ4v) is 5.29. The fourth-order valence-electron chi connectivity index (χ4n) is 5.11. The Hall–Kier alpha value is -2.58. The van der Waals surface area contributed by atoms with Crippen LogP contribution in [0.15, 0.2) is 24.3 Å². The van der Waals surface area contributed by atoms with E-state index in [1.54, 1.807) is 6.07 Å².